The summed E-state index contributed by atoms with van der Waals surface area (Å²) in [5.74, 6) is 1.59. The fourth-order valence-electron chi connectivity index (χ4n) is 4.30. The lowest BCUT2D eigenvalue weighted by Crippen LogP contribution is -2.59. The molecule has 1 fully saturated rings. The molecular formula is C19H32B5N3O. The second-order valence-corrected chi connectivity index (χ2v) is 9.83. The highest BCUT2D eigenvalue weighted by molar-refractivity contribution is 6.59. The molecule has 0 bridgehead atoms. The van der Waals surface area contributed by atoms with Gasteiger partial charge < -0.3 is 10.1 Å². The molecule has 28 heavy (non-hydrogen) atoms. The van der Waals surface area contributed by atoms with Crippen molar-refractivity contribution in [2.45, 2.75) is 55.8 Å². The molecule has 0 aliphatic heterocycles. The predicted molar refractivity (Wildman–Crippen MR) is 130 cm³/mol. The van der Waals surface area contributed by atoms with Crippen LogP contribution in [0.15, 0.2) is 36.4 Å². The van der Waals surface area contributed by atoms with Crippen molar-refractivity contribution < 1.29 is 4.74 Å². The largest absolute Gasteiger partial charge is 0.473 e. The van der Waals surface area contributed by atoms with Gasteiger partial charge in [-0.25, -0.2) is 4.68 Å². The third-order valence-corrected chi connectivity index (χ3v) is 5.46. The first-order chi connectivity index (χ1) is 13.2. The maximum atomic E-state index is 6.24. The van der Waals surface area contributed by atoms with Gasteiger partial charge in [-0.3, -0.25) is 0 Å². The molecular weight excluding hydrogens is 340 g/mol. The van der Waals surface area contributed by atoms with E-state index in [9.17, 15) is 0 Å². The normalized spacial score (nSPS) is 16.1. The number of nitrogens with zero attached hydrogens (tertiary/aromatic N) is 2. The lowest BCUT2D eigenvalue weighted by atomic mass is 9.46. The average Bonchev–Trinajstić information content (AvgIpc) is 3.03. The zero-order valence-electron chi connectivity index (χ0n) is 18.3. The number of hydrogen-bond acceptors (Lipinski definition) is 3. The monoisotopic (exact) mass is 373 g/mol. The van der Waals surface area contributed by atoms with Crippen LogP contribution in [0.5, 0.6) is 5.88 Å². The SMILES string of the molecule is BC(B)(B)NC(B)(B)c1cc(OCc2ccccc2)n(CC2CCCCC2)n1. The Labute approximate surface area is 174 Å². The molecule has 1 aromatic heterocycles. The molecule has 0 amide bonds. The van der Waals surface area contributed by atoms with Gasteiger partial charge in [0.15, 0.2) is 0 Å². The molecule has 1 saturated carbocycles. The van der Waals surface area contributed by atoms with Crippen LogP contribution in [0.25, 0.3) is 0 Å². The van der Waals surface area contributed by atoms with Gasteiger partial charge in [-0.05, 0) is 29.7 Å². The van der Waals surface area contributed by atoms with Gasteiger partial charge in [0.1, 0.15) is 45.8 Å². The quantitative estimate of drug-likeness (QED) is 0.575. The third kappa shape index (κ3) is 6.00. The van der Waals surface area contributed by atoms with E-state index in [0.29, 0.717) is 12.5 Å². The van der Waals surface area contributed by atoms with Crippen molar-refractivity contribution in [3.8, 4) is 5.88 Å². The van der Waals surface area contributed by atoms with Gasteiger partial charge >= 0.3 is 0 Å². The molecule has 1 aliphatic rings. The average molecular weight is 373 g/mol. The summed E-state index contributed by atoms with van der Waals surface area (Å²) < 4.78 is 8.35. The molecule has 1 heterocycles. The molecule has 0 spiro atoms. The zero-order valence-corrected chi connectivity index (χ0v) is 18.3. The van der Waals surface area contributed by atoms with E-state index < -0.39 is 0 Å². The molecule has 144 valence electrons. The summed E-state index contributed by atoms with van der Waals surface area (Å²) in [4.78, 5) is 0. The van der Waals surface area contributed by atoms with Crippen LogP contribution in [0.3, 0.4) is 0 Å². The number of rotatable bonds is 8. The van der Waals surface area contributed by atoms with Gasteiger partial charge in [0.05, 0.1) is 5.69 Å². The first-order valence-corrected chi connectivity index (χ1v) is 10.8. The summed E-state index contributed by atoms with van der Waals surface area (Å²) in [6.45, 7) is 1.53. The molecule has 0 atom stereocenters. The fraction of sp³-hybridized carbons (Fsp3) is 0.526. The highest BCUT2D eigenvalue weighted by atomic mass is 16.5. The summed E-state index contributed by atoms with van der Waals surface area (Å²) in [5.41, 5.74) is 2.22. The number of benzene rings is 1. The number of hydrogen-bond donors (Lipinski definition) is 1. The molecule has 9 heteroatoms. The third-order valence-electron chi connectivity index (χ3n) is 5.46. The van der Waals surface area contributed by atoms with E-state index in [1.807, 2.05) is 6.07 Å². The Balaban J connectivity index is 1.81. The molecule has 0 saturated heterocycles. The maximum absolute atomic E-state index is 6.24. The summed E-state index contributed by atoms with van der Waals surface area (Å²) in [5, 5.41) is 8.49. The minimum absolute atomic E-state index is 0.0156. The Morgan fingerprint density at radius 1 is 1.04 bits per heavy atom. The van der Waals surface area contributed by atoms with E-state index in [1.54, 1.807) is 0 Å². The van der Waals surface area contributed by atoms with Crippen LogP contribution < -0.4 is 10.1 Å². The minimum atomic E-state index is -0.221. The molecule has 1 N–H and O–H groups in total. The van der Waals surface area contributed by atoms with Crippen LogP contribution in [-0.4, -0.2) is 54.2 Å². The number of aromatic nitrogens is 2. The Kier molecular flexibility index (Phi) is 6.75. The smallest absolute Gasteiger partial charge is 0.212 e. The molecule has 0 radical (unpaired) electrons. The van der Waals surface area contributed by atoms with Crippen molar-refractivity contribution in [1.82, 2.24) is 15.1 Å². The predicted octanol–water partition coefficient (Wildman–Crippen LogP) is -1.48. The van der Waals surface area contributed by atoms with Gasteiger partial charge in [0.2, 0.25) is 5.88 Å². The lowest BCUT2D eigenvalue weighted by molar-refractivity contribution is 0.245. The summed E-state index contributed by atoms with van der Waals surface area (Å²) >= 11 is 0. The number of ether oxygens (including phenoxy) is 1. The molecule has 2 aromatic rings. The van der Waals surface area contributed by atoms with Gasteiger partial charge in [-0.1, -0.05) is 54.8 Å². The Bertz CT molecular complexity index is 755. The number of nitrogens with one attached hydrogen (secondary N) is 1. The Morgan fingerprint density at radius 2 is 1.71 bits per heavy atom. The van der Waals surface area contributed by atoms with Crippen LogP contribution in [-0.2, 0) is 18.5 Å². The van der Waals surface area contributed by atoms with Gasteiger partial charge in [0.25, 0.3) is 0 Å². The van der Waals surface area contributed by atoms with Crippen LogP contribution >= 0.6 is 0 Å². The van der Waals surface area contributed by atoms with Gasteiger partial charge in [-0.15, -0.1) is 0 Å². The molecule has 1 aromatic carbocycles. The van der Waals surface area contributed by atoms with Gasteiger partial charge in [-0.2, -0.15) is 5.10 Å². The van der Waals surface area contributed by atoms with Crippen LogP contribution in [0, 0.1) is 5.92 Å². The molecule has 0 unspecified atom stereocenters. The van der Waals surface area contributed by atoms with Crippen LogP contribution in [0.2, 0.25) is 0 Å². The van der Waals surface area contributed by atoms with E-state index in [0.717, 1.165) is 18.1 Å². The van der Waals surface area contributed by atoms with E-state index in [-0.39, 0.29) is 10.6 Å². The topological polar surface area (TPSA) is 39.1 Å². The van der Waals surface area contributed by atoms with Gasteiger partial charge in [0, 0.05) is 12.6 Å². The van der Waals surface area contributed by atoms with Crippen LogP contribution in [0.4, 0.5) is 0 Å². The highest BCUT2D eigenvalue weighted by Crippen LogP contribution is 2.28. The van der Waals surface area contributed by atoms with Crippen molar-refractivity contribution in [3.63, 3.8) is 0 Å². The standard InChI is InChI=1S/C19H32B5N3O/c20-18(21,26-19(22,23)24)16-11-17(28-13-15-9-5-2-6-10-15)27(25-16)12-14-7-3-1-4-8-14/h2,5-6,9-11,14,26H,1,3-4,7-8,12-13,20-24H2. The first kappa shape index (κ1) is 21.2. The van der Waals surface area contributed by atoms with E-state index in [1.165, 1.54) is 37.7 Å². The highest BCUT2D eigenvalue weighted by Gasteiger charge is 2.30. The summed E-state index contributed by atoms with van der Waals surface area (Å²) in [6.07, 6.45) is 6.67. The Hall–Kier alpha value is -1.49. The zero-order chi connectivity index (χ0) is 20.2. The van der Waals surface area contributed by atoms with Crippen molar-refractivity contribution in [2.24, 2.45) is 5.92 Å². The second-order valence-electron chi connectivity index (χ2n) is 9.83. The molecule has 1 aliphatic carbocycles. The minimum Gasteiger partial charge on any atom is -0.473 e. The first-order valence-electron chi connectivity index (χ1n) is 10.8. The summed E-state index contributed by atoms with van der Waals surface area (Å²) in [7, 11) is 11.0. The fourth-order valence-corrected chi connectivity index (χ4v) is 4.30. The van der Waals surface area contributed by atoms with Crippen molar-refractivity contribution in [3.05, 3.63) is 47.7 Å². The van der Waals surface area contributed by atoms with Crippen LogP contribution in [0.1, 0.15) is 43.4 Å². The second kappa shape index (κ2) is 8.90. The van der Waals surface area contributed by atoms with E-state index in [4.69, 9.17) is 9.84 Å². The summed E-state index contributed by atoms with van der Waals surface area (Å²) in [6, 6.07) is 12.5. The van der Waals surface area contributed by atoms with Crippen molar-refractivity contribution in [2.75, 3.05) is 0 Å². The lowest BCUT2D eigenvalue weighted by Gasteiger charge is -2.34. The Morgan fingerprint density at radius 3 is 2.36 bits per heavy atom. The molecule has 4 nitrogen and oxygen atoms in total. The van der Waals surface area contributed by atoms with Crippen molar-refractivity contribution in [1.29, 1.82) is 0 Å². The van der Waals surface area contributed by atoms with E-state index >= 15 is 0 Å². The van der Waals surface area contributed by atoms with Crippen molar-refractivity contribution >= 4 is 39.2 Å². The maximum Gasteiger partial charge on any atom is 0.212 e. The molecule has 3 rings (SSSR count). The van der Waals surface area contributed by atoms with E-state index in [2.05, 4.69) is 79.6 Å².